The van der Waals surface area contributed by atoms with E-state index in [9.17, 15) is 4.57 Å². The summed E-state index contributed by atoms with van der Waals surface area (Å²) in [5, 5.41) is 0. The molecule has 0 N–H and O–H groups in total. The van der Waals surface area contributed by atoms with Crippen molar-refractivity contribution in [2.45, 2.75) is 124 Å². The van der Waals surface area contributed by atoms with E-state index >= 15 is 0 Å². The standard InChI is InChI=1S/C22H47O2P/c1-4-7-10-13-15-18-21-25(23,24-20-17-12-9-6-3)22-19-16-14-11-8-5-2/h4-22H2,1-3H3. The molecular formula is C22H47O2P. The lowest BCUT2D eigenvalue weighted by molar-refractivity contribution is 0.300. The summed E-state index contributed by atoms with van der Waals surface area (Å²) in [6, 6.07) is 0. The fourth-order valence-corrected chi connectivity index (χ4v) is 5.62. The minimum atomic E-state index is -2.38. The predicted molar refractivity (Wildman–Crippen MR) is 114 cm³/mol. The lowest BCUT2D eigenvalue weighted by Crippen LogP contribution is -2.03. The molecule has 0 aromatic carbocycles. The summed E-state index contributed by atoms with van der Waals surface area (Å²) in [7, 11) is -2.38. The normalized spacial score (nSPS) is 12.0. The highest BCUT2D eigenvalue weighted by Crippen LogP contribution is 2.49. The van der Waals surface area contributed by atoms with Crippen LogP contribution in [0.15, 0.2) is 0 Å². The van der Waals surface area contributed by atoms with E-state index in [2.05, 4.69) is 20.8 Å². The second-order valence-corrected chi connectivity index (χ2v) is 10.5. The van der Waals surface area contributed by atoms with Crippen LogP contribution in [0.1, 0.15) is 124 Å². The summed E-state index contributed by atoms with van der Waals surface area (Å²) >= 11 is 0. The van der Waals surface area contributed by atoms with Crippen LogP contribution in [0.4, 0.5) is 0 Å². The van der Waals surface area contributed by atoms with Crippen LogP contribution in [-0.2, 0) is 9.09 Å². The summed E-state index contributed by atoms with van der Waals surface area (Å²) in [4.78, 5) is 0. The summed E-state index contributed by atoms with van der Waals surface area (Å²) in [5.74, 6) is 0. The highest BCUT2D eigenvalue weighted by molar-refractivity contribution is 7.58. The quantitative estimate of drug-likeness (QED) is 0.157. The van der Waals surface area contributed by atoms with Crippen molar-refractivity contribution in [2.24, 2.45) is 0 Å². The van der Waals surface area contributed by atoms with Gasteiger partial charge in [0.05, 0.1) is 6.61 Å². The molecule has 0 saturated heterocycles. The van der Waals surface area contributed by atoms with E-state index in [4.69, 9.17) is 4.52 Å². The van der Waals surface area contributed by atoms with Gasteiger partial charge in [0.15, 0.2) is 0 Å². The van der Waals surface area contributed by atoms with Gasteiger partial charge in [0.2, 0.25) is 7.37 Å². The van der Waals surface area contributed by atoms with E-state index in [1.807, 2.05) is 0 Å². The van der Waals surface area contributed by atoms with Crippen LogP contribution < -0.4 is 0 Å². The third-order valence-corrected chi connectivity index (χ3v) is 7.68. The number of hydrogen-bond donors (Lipinski definition) is 0. The van der Waals surface area contributed by atoms with Crippen molar-refractivity contribution in [1.82, 2.24) is 0 Å². The summed E-state index contributed by atoms with van der Waals surface area (Å²) in [6.07, 6.45) is 21.6. The summed E-state index contributed by atoms with van der Waals surface area (Å²) in [6.45, 7) is 7.44. The molecule has 0 rings (SSSR count). The van der Waals surface area contributed by atoms with Crippen LogP contribution in [-0.4, -0.2) is 18.9 Å². The zero-order valence-electron chi connectivity index (χ0n) is 17.7. The maximum Gasteiger partial charge on any atom is 0.203 e. The molecule has 0 amide bonds. The van der Waals surface area contributed by atoms with Crippen molar-refractivity contribution >= 4 is 7.37 Å². The molecule has 0 spiro atoms. The van der Waals surface area contributed by atoms with E-state index in [-0.39, 0.29) is 0 Å². The predicted octanol–water partition coefficient (Wildman–Crippen LogP) is 8.58. The monoisotopic (exact) mass is 374 g/mol. The van der Waals surface area contributed by atoms with Crippen molar-refractivity contribution < 1.29 is 9.09 Å². The van der Waals surface area contributed by atoms with Gasteiger partial charge >= 0.3 is 0 Å². The Kier molecular flexibility index (Phi) is 19.1. The van der Waals surface area contributed by atoms with Gasteiger partial charge in [-0.05, 0) is 19.3 Å². The highest BCUT2D eigenvalue weighted by atomic mass is 31.2. The largest absolute Gasteiger partial charge is 0.328 e. The second kappa shape index (κ2) is 19.0. The van der Waals surface area contributed by atoms with E-state index < -0.39 is 7.37 Å². The van der Waals surface area contributed by atoms with Crippen LogP contribution in [0.3, 0.4) is 0 Å². The lowest BCUT2D eigenvalue weighted by atomic mass is 10.1. The minimum absolute atomic E-state index is 0.711. The van der Waals surface area contributed by atoms with E-state index in [1.54, 1.807) is 0 Å². The number of hydrogen-bond acceptors (Lipinski definition) is 2. The van der Waals surface area contributed by atoms with Crippen molar-refractivity contribution in [3.05, 3.63) is 0 Å². The van der Waals surface area contributed by atoms with Gasteiger partial charge in [-0.15, -0.1) is 0 Å². The molecule has 0 aliphatic rings. The fraction of sp³-hybridized carbons (Fsp3) is 1.00. The Morgan fingerprint density at radius 3 is 1.32 bits per heavy atom. The number of rotatable bonds is 20. The molecule has 0 unspecified atom stereocenters. The molecule has 0 heterocycles. The van der Waals surface area contributed by atoms with Crippen LogP contribution in [0.2, 0.25) is 0 Å². The molecule has 0 aliphatic heterocycles. The Hall–Kier alpha value is 0.190. The van der Waals surface area contributed by atoms with E-state index in [0.717, 1.165) is 31.6 Å². The first-order valence-electron chi connectivity index (χ1n) is 11.4. The molecule has 0 saturated carbocycles. The molecular weight excluding hydrogens is 327 g/mol. The topological polar surface area (TPSA) is 26.3 Å². The summed E-state index contributed by atoms with van der Waals surface area (Å²) < 4.78 is 19.2. The van der Waals surface area contributed by atoms with Gasteiger partial charge in [0.1, 0.15) is 0 Å². The van der Waals surface area contributed by atoms with Crippen molar-refractivity contribution in [3.63, 3.8) is 0 Å². The maximum atomic E-state index is 13.2. The molecule has 0 aliphatic carbocycles. The first-order chi connectivity index (χ1) is 12.2. The summed E-state index contributed by atoms with van der Waals surface area (Å²) in [5.41, 5.74) is 0. The van der Waals surface area contributed by atoms with Crippen LogP contribution >= 0.6 is 7.37 Å². The molecule has 0 fully saturated rings. The van der Waals surface area contributed by atoms with Gasteiger partial charge in [0.25, 0.3) is 0 Å². The Balaban J connectivity index is 4.03. The molecule has 0 radical (unpaired) electrons. The minimum Gasteiger partial charge on any atom is -0.328 e. The Bertz CT molecular complexity index is 284. The van der Waals surface area contributed by atoms with E-state index in [0.29, 0.717) is 6.61 Å². The molecule has 0 bridgehead atoms. The van der Waals surface area contributed by atoms with Gasteiger partial charge in [-0.25, -0.2) is 0 Å². The zero-order chi connectivity index (χ0) is 18.6. The molecule has 0 aromatic heterocycles. The Morgan fingerprint density at radius 2 is 0.880 bits per heavy atom. The Labute approximate surface area is 159 Å². The molecule has 0 atom stereocenters. The van der Waals surface area contributed by atoms with Gasteiger partial charge in [-0.3, -0.25) is 4.57 Å². The van der Waals surface area contributed by atoms with Crippen LogP contribution in [0.5, 0.6) is 0 Å². The van der Waals surface area contributed by atoms with Crippen molar-refractivity contribution in [3.8, 4) is 0 Å². The van der Waals surface area contributed by atoms with E-state index in [1.165, 1.54) is 83.5 Å². The third-order valence-electron chi connectivity index (χ3n) is 5.03. The van der Waals surface area contributed by atoms with Gasteiger partial charge < -0.3 is 4.52 Å². The van der Waals surface area contributed by atoms with Gasteiger partial charge in [0, 0.05) is 12.3 Å². The molecule has 3 heteroatoms. The average Bonchev–Trinajstić information content (AvgIpc) is 2.61. The first kappa shape index (κ1) is 25.2. The van der Waals surface area contributed by atoms with Crippen LogP contribution in [0, 0.1) is 0 Å². The Morgan fingerprint density at radius 1 is 0.520 bits per heavy atom. The third kappa shape index (κ3) is 17.4. The first-order valence-corrected chi connectivity index (χ1v) is 13.4. The number of unbranched alkanes of at least 4 members (excludes halogenated alkanes) is 13. The van der Waals surface area contributed by atoms with Gasteiger partial charge in [-0.1, -0.05) is 104 Å². The fourth-order valence-electron chi connectivity index (χ4n) is 3.27. The van der Waals surface area contributed by atoms with Gasteiger partial charge in [-0.2, -0.15) is 0 Å². The molecule has 152 valence electrons. The maximum absolute atomic E-state index is 13.2. The smallest absolute Gasteiger partial charge is 0.203 e. The van der Waals surface area contributed by atoms with Crippen LogP contribution in [0.25, 0.3) is 0 Å². The second-order valence-electron chi connectivity index (χ2n) is 7.69. The molecule has 25 heavy (non-hydrogen) atoms. The zero-order valence-corrected chi connectivity index (χ0v) is 18.6. The average molecular weight is 375 g/mol. The molecule has 2 nitrogen and oxygen atoms in total. The lowest BCUT2D eigenvalue weighted by Gasteiger charge is -2.19. The van der Waals surface area contributed by atoms with Crippen molar-refractivity contribution in [1.29, 1.82) is 0 Å². The SMILES string of the molecule is CCCCCCCCP(=O)(CCCCCCCC)OCCCCCC. The van der Waals surface area contributed by atoms with Crippen molar-refractivity contribution in [2.75, 3.05) is 18.9 Å². The molecule has 0 aromatic rings. The highest BCUT2D eigenvalue weighted by Gasteiger charge is 2.21.